The molecule has 2 N–H and O–H groups in total. The standard InChI is InChI=1S/C23H25N3O/c1-17(2)15-24-20-13-14-21(25-16-20)26-23(27)22(18-9-5-3-6-10-18)19-11-7-4-8-12-19/h3-14,16-17,22,24H,15H2,1-2H3,(H,25,26,27). The minimum Gasteiger partial charge on any atom is -0.384 e. The lowest BCUT2D eigenvalue weighted by molar-refractivity contribution is -0.116. The van der Waals surface area contributed by atoms with Crippen LogP contribution < -0.4 is 10.6 Å². The highest BCUT2D eigenvalue weighted by Gasteiger charge is 2.22. The van der Waals surface area contributed by atoms with Gasteiger partial charge in [0.05, 0.1) is 17.8 Å². The van der Waals surface area contributed by atoms with Gasteiger partial charge in [-0.25, -0.2) is 4.98 Å². The summed E-state index contributed by atoms with van der Waals surface area (Å²) in [6, 6.07) is 23.4. The normalized spacial score (nSPS) is 10.8. The molecule has 0 bridgehead atoms. The molecule has 0 spiro atoms. The molecule has 0 aliphatic rings. The second-order valence-electron chi connectivity index (χ2n) is 6.95. The topological polar surface area (TPSA) is 54.0 Å². The molecule has 4 nitrogen and oxygen atoms in total. The van der Waals surface area contributed by atoms with Gasteiger partial charge < -0.3 is 10.6 Å². The van der Waals surface area contributed by atoms with E-state index in [-0.39, 0.29) is 11.8 Å². The highest BCUT2D eigenvalue weighted by molar-refractivity contribution is 5.97. The Morgan fingerprint density at radius 2 is 1.48 bits per heavy atom. The van der Waals surface area contributed by atoms with Gasteiger partial charge in [-0.1, -0.05) is 74.5 Å². The quantitative estimate of drug-likeness (QED) is 0.629. The summed E-state index contributed by atoms with van der Waals surface area (Å²) >= 11 is 0. The molecule has 138 valence electrons. The summed E-state index contributed by atoms with van der Waals surface area (Å²) in [6.45, 7) is 5.20. The summed E-state index contributed by atoms with van der Waals surface area (Å²) in [7, 11) is 0. The first kappa shape index (κ1) is 18.6. The Morgan fingerprint density at radius 3 is 1.96 bits per heavy atom. The van der Waals surface area contributed by atoms with Gasteiger partial charge in [0.25, 0.3) is 0 Å². The minimum absolute atomic E-state index is 0.0946. The lowest BCUT2D eigenvalue weighted by Gasteiger charge is -2.18. The summed E-state index contributed by atoms with van der Waals surface area (Å²) in [5, 5.41) is 6.28. The lowest BCUT2D eigenvalue weighted by atomic mass is 9.90. The van der Waals surface area contributed by atoms with E-state index in [2.05, 4.69) is 29.5 Å². The summed E-state index contributed by atoms with van der Waals surface area (Å²) in [5.74, 6) is 0.629. The number of hydrogen-bond acceptors (Lipinski definition) is 3. The molecule has 0 unspecified atom stereocenters. The molecule has 4 heteroatoms. The smallest absolute Gasteiger partial charge is 0.237 e. The Labute approximate surface area is 160 Å². The SMILES string of the molecule is CC(C)CNc1ccc(NC(=O)C(c2ccccc2)c2ccccc2)nc1. The second-order valence-corrected chi connectivity index (χ2v) is 6.95. The first-order chi connectivity index (χ1) is 13.1. The van der Waals surface area contributed by atoms with E-state index >= 15 is 0 Å². The predicted octanol–water partition coefficient (Wildman–Crippen LogP) is 4.92. The average Bonchev–Trinajstić information content (AvgIpc) is 2.69. The van der Waals surface area contributed by atoms with Crippen LogP contribution in [0.15, 0.2) is 79.0 Å². The van der Waals surface area contributed by atoms with Gasteiger partial charge in [0.1, 0.15) is 5.82 Å². The van der Waals surface area contributed by atoms with Crippen LogP contribution in [0.4, 0.5) is 11.5 Å². The monoisotopic (exact) mass is 359 g/mol. The molecule has 2 aromatic carbocycles. The average molecular weight is 359 g/mol. The third-order valence-corrected chi connectivity index (χ3v) is 4.26. The van der Waals surface area contributed by atoms with Crippen molar-refractivity contribution >= 4 is 17.4 Å². The molecular formula is C23H25N3O. The Bertz CT molecular complexity index is 806. The first-order valence-corrected chi connectivity index (χ1v) is 9.24. The van der Waals surface area contributed by atoms with Gasteiger partial charge in [-0.2, -0.15) is 0 Å². The van der Waals surface area contributed by atoms with Gasteiger partial charge in [-0.05, 0) is 29.2 Å². The molecule has 1 amide bonds. The van der Waals surface area contributed by atoms with E-state index in [0.29, 0.717) is 11.7 Å². The number of benzene rings is 2. The van der Waals surface area contributed by atoms with E-state index in [9.17, 15) is 4.79 Å². The van der Waals surface area contributed by atoms with E-state index in [1.54, 1.807) is 6.20 Å². The number of anilines is 2. The van der Waals surface area contributed by atoms with Crippen molar-refractivity contribution in [3.05, 3.63) is 90.1 Å². The third kappa shape index (κ3) is 5.17. The Morgan fingerprint density at radius 1 is 0.889 bits per heavy atom. The summed E-state index contributed by atoms with van der Waals surface area (Å²) < 4.78 is 0. The molecule has 1 heterocycles. The van der Waals surface area contributed by atoms with Crippen molar-refractivity contribution in [2.24, 2.45) is 5.92 Å². The molecule has 3 rings (SSSR count). The van der Waals surface area contributed by atoms with Crippen LogP contribution in [0, 0.1) is 5.92 Å². The summed E-state index contributed by atoms with van der Waals surface area (Å²) in [5.41, 5.74) is 2.86. The number of hydrogen-bond donors (Lipinski definition) is 2. The van der Waals surface area contributed by atoms with Gasteiger partial charge in [0.15, 0.2) is 0 Å². The van der Waals surface area contributed by atoms with Gasteiger partial charge in [0.2, 0.25) is 5.91 Å². The van der Waals surface area contributed by atoms with Crippen molar-refractivity contribution in [1.82, 2.24) is 4.98 Å². The molecule has 0 radical (unpaired) electrons. The molecule has 3 aromatic rings. The van der Waals surface area contributed by atoms with Crippen LogP contribution in [0.3, 0.4) is 0 Å². The van der Waals surface area contributed by atoms with Crippen molar-refractivity contribution in [3.63, 3.8) is 0 Å². The number of nitrogens with one attached hydrogen (secondary N) is 2. The van der Waals surface area contributed by atoms with Crippen LogP contribution in [0.1, 0.15) is 30.9 Å². The maximum Gasteiger partial charge on any atom is 0.237 e. The van der Waals surface area contributed by atoms with Crippen molar-refractivity contribution in [2.75, 3.05) is 17.2 Å². The number of pyridine rings is 1. The van der Waals surface area contributed by atoms with Crippen LogP contribution in [-0.4, -0.2) is 17.4 Å². The lowest BCUT2D eigenvalue weighted by Crippen LogP contribution is -2.22. The number of rotatable bonds is 7. The number of carbonyl (C=O) groups is 1. The third-order valence-electron chi connectivity index (χ3n) is 4.26. The van der Waals surface area contributed by atoms with Crippen LogP contribution in [0.5, 0.6) is 0 Å². The molecular weight excluding hydrogens is 334 g/mol. The van der Waals surface area contributed by atoms with E-state index in [1.807, 2.05) is 72.8 Å². The maximum atomic E-state index is 13.0. The van der Waals surface area contributed by atoms with E-state index in [0.717, 1.165) is 23.4 Å². The van der Waals surface area contributed by atoms with Crippen LogP contribution in [0.2, 0.25) is 0 Å². The van der Waals surface area contributed by atoms with Crippen LogP contribution in [0.25, 0.3) is 0 Å². The maximum absolute atomic E-state index is 13.0. The highest BCUT2D eigenvalue weighted by atomic mass is 16.1. The van der Waals surface area contributed by atoms with Crippen LogP contribution in [-0.2, 0) is 4.79 Å². The minimum atomic E-state index is -0.382. The Kier molecular flexibility index (Phi) is 6.21. The molecule has 0 saturated carbocycles. The van der Waals surface area contributed by atoms with Crippen molar-refractivity contribution < 1.29 is 4.79 Å². The molecule has 0 aliphatic carbocycles. The summed E-state index contributed by atoms with van der Waals surface area (Å²) in [4.78, 5) is 17.4. The number of aromatic nitrogens is 1. The largest absolute Gasteiger partial charge is 0.384 e. The van der Waals surface area contributed by atoms with E-state index < -0.39 is 0 Å². The molecule has 0 atom stereocenters. The number of carbonyl (C=O) groups excluding carboxylic acids is 1. The molecule has 0 aliphatic heterocycles. The second kappa shape index (κ2) is 8.99. The van der Waals surface area contributed by atoms with Crippen LogP contribution >= 0.6 is 0 Å². The van der Waals surface area contributed by atoms with E-state index in [1.165, 1.54) is 0 Å². The zero-order valence-electron chi connectivity index (χ0n) is 15.7. The van der Waals surface area contributed by atoms with Crippen molar-refractivity contribution in [2.45, 2.75) is 19.8 Å². The number of amides is 1. The van der Waals surface area contributed by atoms with Gasteiger partial charge >= 0.3 is 0 Å². The first-order valence-electron chi connectivity index (χ1n) is 9.24. The van der Waals surface area contributed by atoms with Gasteiger partial charge in [0, 0.05) is 6.54 Å². The fraction of sp³-hybridized carbons (Fsp3) is 0.217. The van der Waals surface area contributed by atoms with Crippen molar-refractivity contribution in [3.8, 4) is 0 Å². The molecule has 27 heavy (non-hydrogen) atoms. The number of nitrogens with zero attached hydrogens (tertiary/aromatic N) is 1. The van der Waals surface area contributed by atoms with E-state index in [4.69, 9.17) is 0 Å². The Balaban J connectivity index is 1.77. The highest BCUT2D eigenvalue weighted by Crippen LogP contribution is 2.26. The van der Waals surface area contributed by atoms with Gasteiger partial charge in [-0.3, -0.25) is 4.79 Å². The van der Waals surface area contributed by atoms with Crippen molar-refractivity contribution in [1.29, 1.82) is 0 Å². The Hall–Kier alpha value is -3.14. The molecule has 0 saturated heterocycles. The molecule has 0 fully saturated rings. The fourth-order valence-electron chi connectivity index (χ4n) is 2.88. The predicted molar refractivity (Wildman–Crippen MR) is 111 cm³/mol. The zero-order valence-corrected chi connectivity index (χ0v) is 15.7. The fourth-order valence-corrected chi connectivity index (χ4v) is 2.88. The van der Waals surface area contributed by atoms with Gasteiger partial charge in [-0.15, -0.1) is 0 Å². The summed E-state index contributed by atoms with van der Waals surface area (Å²) in [6.07, 6.45) is 1.75. The zero-order chi connectivity index (χ0) is 19.1. The molecule has 1 aromatic heterocycles.